The second-order valence-corrected chi connectivity index (χ2v) is 7.59. The van der Waals surface area contributed by atoms with Gasteiger partial charge in [-0.1, -0.05) is 12.1 Å². The van der Waals surface area contributed by atoms with Gasteiger partial charge in [0.2, 0.25) is 0 Å². The monoisotopic (exact) mass is 417 g/mol. The van der Waals surface area contributed by atoms with E-state index < -0.39 is 0 Å². The highest BCUT2D eigenvalue weighted by atomic mass is 35.5. The zero-order valence-electron chi connectivity index (χ0n) is 14.2. The number of likely N-dealkylation sites (tertiary alicyclic amines) is 1. The topological polar surface area (TPSA) is 45.2 Å². The van der Waals surface area contributed by atoms with Crippen molar-refractivity contribution in [3.63, 3.8) is 0 Å². The molecule has 0 unspecified atom stereocenters. The molecule has 2 aromatic rings. The highest BCUT2D eigenvalue weighted by Crippen LogP contribution is 2.30. The number of carbonyl (C=O) groups is 1. The molecule has 1 aromatic heterocycles. The Bertz CT molecular complexity index is 744. The third kappa shape index (κ3) is 4.19. The van der Waals surface area contributed by atoms with Crippen LogP contribution >= 0.6 is 36.2 Å². The van der Waals surface area contributed by atoms with Crippen LogP contribution in [0, 0.1) is 17.7 Å². The Morgan fingerprint density at radius 2 is 1.81 bits per heavy atom. The number of fused-ring (bicyclic) bond motifs is 1. The molecular weight excluding hydrogens is 396 g/mol. The molecule has 4 rings (SSSR count). The van der Waals surface area contributed by atoms with Crippen LogP contribution in [-0.2, 0) is 0 Å². The first-order valence-electron chi connectivity index (χ1n) is 8.43. The second kappa shape index (κ2) is 9.13. The molecule has 2 aliphatic heterocycles. The molecule has 0 radical (unpaired) electrons. The summed E-state index contributed by atoms with van der Waals surface area (Å²) in [6.07, 6.45) is 3.70. The van der Waals surface area contributed by atoms with E-state index in [0.29, 0.717) is 27.3 Å². The molecule has 1 aromatic carbocycles. The summed E-state index contributed by atoms with van der Waals surface area (Å²) >= 11 is 1.28. The van der Waals surface area contributed by atoms with Crippen LogP contribution in [-0.4, -0.2) is 42.0 Å². The Morgan fingerprint density at radius 1 is 1.15 bits per heavy atom. The molecule has 0 spiro atoms. The molecule has 2 fully saturated rings. The van der Waals surface area contributed by atoms with E-state index in [1.54, 1.807) is 24.4 Å². The maximum atomic E-state index is 13.9. The van der Waals surface area contributed by atoms with Crippen molar-refractivity contribution in [2.24, 2.45) is 11.8 Å². The summed E-state index contributed by atoms with van der Waals surface area (Å²) < 4.78 is 13.9. The molecule has 4 nitrogen and oxygen atoms in total. The number of thiazole rings is 1. The number of hydrogen-bond donors (Lipinski definition) is 1. The van der Waals surface area contributed by atoms with Gasteiger partial charge in [-0.3, -0.25) is 4.79 Å². The Morgan fingerprint density at radius 3 is 2.46 bits per heavy atom. The number of carbonyl (C=O) groups excluding carboxylic acids is 1. The van der Waals surface area contributed by atoms with Crippen molar-refractivity contribution in [3.8, 4) is 10.6 Å². The summed E-state index contributed by atoms with van der Waals surface area (Å²) in [7, 11) is 0. The third-order valence-corrected chi connectivity index (χ3v) is 6.15. The van der Waals surface area contributed by atoms with Gasteiger partial charge in [-0.2, -0.15) is 0 Å². The predicted molar refractivity (Wildman–Crippen MR) is 107 cm³/mol. The quantitative estimate of drug-likeness (QED) is 0.806. The standard InChI is InChI=1S/C18H20FN3OS.2ClH/c19-15-4-2-1-3-14(15)17-21-11-16(24-17)18(23)22-7-5-12-9-20-10-13(12)6-8-22;;/h1-4,11-13,20H,5-10H2;2*1H/t12-,13+;;. The summed E-state index contributed by atoms with van der Waals surface area (Å²) in [5.74, 6) is 1.11. The molecule has 0 bridgehead atoms. The molecule has 142 valence electrons. The van der Waals surface area contributed by atoms with E-state index >= 15 is 0 Å². The minimum absolute atomic E-state index is 0. The number of nitrogens with zero attached hydrogens (tertiary/aromatic N) is 2. The summed E-state index contributed by atoms with van der Waals surface area (Å²) in [5, 5.41) is 4.01. The van der Waals surface area contributed by atoms with E-state index in [-0.39, 0.29) is 36.5 Å². The van der Waals surface area contributed by atoms with Crippen LogP contribution in [0.2, 0.25) is 0 Å². The minimum Gasteiger partial charge on any atom is -0.338 e. The van der Waals surface area contributed by atoms with Gasteiger partial charge >= 0.3 is 0 Å². The van der Waals surface area contributed by atoms with Crippen molar-refractivity contribution in [1.82, 2.24) is 15.2 Å². The average Bonchev–Trinajstić information content (AvgIpc) is 3.21. The van der Waals surface area contributed by atoms with Crippen molar-refractivity contribution >= 4 is 42.1 Å². The molecule has 2 saturated heterocycles. The van der Waals surface area contributed by atoms with Crippen molar-refractivity contribution < 1.29 is 9.18 Å². The summed E-state index contributed by atoms with van der Waals surface area (Å²) in [5.41, 5.74) is 0.457. The first-order chi connectivity index (χ1) is 11.7. The Hall–Kier alpha value is -1.21. The molecule has 2 atom stereocenters. The molecule has 2 aliphatic rings. The molecule has 1 amide bonds. The third-order valence-electron chi connectivity index (χ3n) is 5.13. The molecule has 8 heteroatoms. The van der Waals surface area contributed by atoms with Crippen LogP contribution in [0.4, 0.5) is 4.39 Å². The fourth-order valence-corrected chi connectivity index (χ4v) is 4.62. The van der Waals surface area contributed by atoms with Gasteiger partial charge in [0.05, 0.1) is 6.20 Å². The lowest BCUT2D eigenvalue weighted by molar-refractivity contribution is 0.0763. The Labute approximate surface area is 169 Å². The van der Waals surface area contributed by atoms with E-state index in [9.17, 15) is 9.18 Å². The van der Waals surface area contributed by atoms with Crippen LogP contribution in [0.1, 0.15) is 22.5 Å². The van der Waals surface area contributed by atoms with Gasteiger partial charge in [0.15, 0.2) is 0 Å². The fraction of sp³-hybridized carbons (Fsp3) is 0.444. The van der Waals surface area contributed by atoms with Crippen molar-refractivity contribution in [2.75, 3.05) is 26.2 Å². The predicted octanol–water partition coefficient (Wildman–Crippen LogP) is 3.86. The lowest BCUT2D eigenvalue weighted by atomic mass is 9.92. The molecule has 26 heavy (non-hydrogen) atoms. The number of nitrogens with one attached hydrogen (secondary N) is 1. The smallest absolute Gasteiger partial charge is 0.265 e. The van der Waals surface area contributed by atoms with Crippen molar-refractivity contribution in [2.45, 2.75) is 12.8 Å². The number of aromatic nitrogens is 1. The van der Waals surface area contributed by atoms with Crippen LogP contribution in [0.25, 0.3) is 10.6 Å². The number of amides is 1. The zero-order chi connectivity index (χ0) is 16.5. The van der Waals surface area contributed by atoms with E-state index in [0.717, 1.165) is 39.0 Å². The summed E-state index contributed by atoms with van der Waals surface area (Å²) in [4.78, 5) is 19.6. The van der Waals surface area contributed by atoms with E-state index in [1.807, 2.05) is 4.90 Å². The first-order valence-corrected chi connectivity index (χ1v) is 9.25. The number of rotatable bonds is 2. The van der Waals surface area contributed by atoms with Crippen LogP contribution in [0.5, 0.6) is 0 Å². The maximum Gasteiger partial charge on any atom is 0.265 e. The van der Waals surface area contributed by atoms with Gasteiger partial charge in [0, 0.05) is 18.7 Å². The Kier molecular flexibility index (Phi) is 7.41. The largest absolute Gasteiger partial charge is 0.338 e. The van der Waals surface area contributed by atoms with Gasteiger partial charge in [0.25, 0.3) is 5.91 Å². The number of halogens is 3. The first kappa shape index (κ1) is 21.1. The summed E-state index contributed by atoms with van der Waals surface area (Å²) in [6, 6.07) is 6.55. The molecule has 0 aliphatic carbocycles. The van der Waals surface area contributed by atoms with Gasteiger partial charge < -0.3 is 10.2 Å². The van der Waals surface area contributed by atoms with Gasteiger partial charge in [-0.05, 0) is 49.9 Å². The fourth-order valence-electron chi connectivity index (χ4n) is 3.71. The van der Waals surface area contributed by atoms with E-state index in [2.05, 4.69) is 10.3 Å². The highest BCUT2D eigenvalue weighted by molar-refractivity contribution is 7.16. The number of hydrogen-bond acceptors (Lipinski definition) is 4. The molecule has 0 saturated carbocycles. The second-order valence-electron chi connectivity index (χ2n) is 6.56. The van der Waals surface area contributed by atoms with Crippen LogP contribution in [0.15, 0.2) is 30.5 Å². The number of benzene rings is 1. The molecular formula is C18H22Cl2FN3OS. The zero-order valence-corrected chi connectivity index (χ0v) is 16.6. The normalized spacial score (nSPS) is 22.0. The van der Waals surface area contributed by atoms with Gasteiger partial charge in [0.1, 0.15) is 15.7 Å². The van der Waals surface area contributed by atoms with Crippen molar-refractivity contribution in [1.29, 1.82) is 0 Å². The van der Waals surface area contributed by atoms with Crippen molar-refractivity contribution in [3.05, 3.63) is 41.2 Å². The Balaban J connectivity index is 0.00000121. The van der Waals surface area contributed by atoms with Crippen LogP contribution in [0.3, 0.4) is 0 Å². The van der Waals surface area contributed by atoms with Gasteiger partial charge in [-0.25, -0.2) is 9.37 Å². The van der Waals surface area contributed by atoms with Crippen LogP contribution < -0.4 is 5.32 Å². The lowest BCUT2D eigenvalue weighted by Gasteiger charge is -2.19. The SMILES string of the molecule is Cl.Cl.O=C(c1cnc(-c2ccccc2F)s1)N1CC[C@@H]2CNC[C@@H]2CC1. The highest BCUT2D eigenvalue weighted by Gasteiger charge is 2.32. The maximum absolute atomic E-state index is 13.9. The van der Waals surface area contributed by atoms with E-state index in [1.165, 1.54) is 17.4 Å². The summed E-state index contributed by atoms with van der Waals surface area (Å²) in [6.45, 7) is 3.75. The lowest BCUT2D eigenvalue weighted by Crippen LogP contribution is -2.32. The minimum atomic E-state index is -0.305. The van der Waals surface area contributed by atoms with Gasteiger partial charge in [-0.15, -0.1) is 36.2 Å². The van der Waals surface area contributed by atoms with E-state index in [4.69, 9.17) is 0 Å². The average molecular weight is 418 g/mol. The molecule has 1 N–H and O–H groups in total. The molecule has 3 heterocycles.